The van der Waals surface area contributed by atoms with Crippen LogP contribution >= 0.6 is 15.9 Å². The standard InChI is InChI=1S/C23H25BrN2O4/c1-23(2,3)30-22(29)25-13-15(12-16-8-4-7-11-19(16)24)14-26-20(27)17-9-5-6-10-18(17)21(26)28/h4-11,15H,12-14H2,1-3H3,(H,25,29). The maximum Gasteiger partial charge on any atom is 0.407 e. The predicted molar refractivity (Wildman–Crippen MR) is 117 cm³/mol. The lowest BCUT2D eigenvalue weighted by Gasteiger charge is -2.25. The molecule has 158 valence electrons. The van der Waals surface area contributed by atoms with Gasteiger partial charge in [-0.15, -0.1) is 0 Å². The van der Waals surface area contributed by atoms with Crippen LogP contribution in [0.25, 0.3) is 0 Å². The van der Waals surface area contributed by atoms with Crippen LogP contribution in [0.1, 0.15) is 47.1 Å². The number of nitrogens with zero attached hydrogens (tertiary/aromatic N) is 1. The molecular weight excluding hydrogens is 448 g/mol. The summed E-state index contributed by atoms with van der Waals surface area (Å²) in [6, 6.07) is 14.6. The Morgan fingerprint density at radius 2 is 1.60 bits per heavy atom. The average Bonchev–Trinajstić information content (AvgIpc) is 2.91. The van der Waals surface area contributed by atoms with E-state index in [1.807, 2.05) is 24.3 Å². The molecule has 30 heavy (non-hydrogen) atoms. The summed E-state index contributed by atoms with van der Waals surface area (Å²) in [5.74, 6) is -0.784. The van der Waals surface area contributed by atoms with Gasteiger partial charge >= 0.3 is 6.09 Å². The Bertz CT molecular complexity index is 933. The van der Waals surface area contributed by atoms with Crippen molar-refractivity contribution >= 4 is 33.8 Å². The van der Waals surface area contributed by atoms with Crippen LogP contribution < -0.4 is 5.32 Å². The fourth-order valence-corrected chi connectivity index (χ4v) is 3.83. The molecule has 1 N–H and O–H groups in total. The van der Waals surface area contributed by atoms with Crippen molar-refractivity contribution in [2.45, 2.75) is 32.8 Å². The normalized spacial score (nSPS) is 14.5. The summed E-state index contributed by atoms with van der Waals surface area (Å²) in [5.41, 5.74) is 1.26. The van der Waals surface area contributed by atoms with Crippen LogP contribution in [-0.2, 0) is 11.2 Å². The summed E-state index contributed by atoms with van der Waals surface area (Å²) in [6.07, 6.45) is 0.0481. The van der Waals surface area contributed by atoms with Crippen molar-refractivity contribution in [3.63, 3.8) is 0 Å². The van der Waals surface area contributed by atoms with Crippen molar-refractivity contribution in [3.8, 4) is 0 Å². The number of hydrogen-bond donors (Lipinski definition) is 1. The van der Waals surface area contributed by atoms with Crippen LogP contribution in [0.2, 0.25) is 0 Å². The third-order valence-corrected chi connectivity index (χ3v) is 5.49. The highest BCUT2D eigenvalue weighted by molar-refractivity contribution is 9.10. The Hall–Kier alpha value is -2.67. The lowest BCUT2D eigenvalue weighted by molar-refractivity contribution is 0.0513. The van der Waals surface area contributed by atoms with Crippen molar-refractivity contribution < 1.29 is 19.1 Å². The first-order valence-corrected chi connectivity index (χ1v) is 10.6. The molecule has 3 amide bonds. The SMILES string of the molecule is CC(C)(C)OC(=O)NCC(Cc1ccccc1Br)CN1C(=O)c2ccccc2C1=O. The largest absolute Gasteiger partial charge is 0.444 e. The maximum atomic E-state index is 12.8. The van der Waals surface area contributed by atoms with Crippen LogP contribution in [0.15, 0.2) is 53.0 Å². The van der Waals surface area contributed by atoms with Crippen LogP contribution in [-0.4, -0.2) is 41.5 Å². The molecule has 0 aliphatic carbocycles. The topological polar surface area (TPSA) is 75.7 Å². The lowest BCUT2D eigenvalue weighted by atomic mass is 9.98. The summed E-state index contributed by atoms with van der Waals surface area (Å²) in [7, 11) is 0. The number of alkyl carbamates (subject to hydrolysis) is 1. The minimum absolute atomic E-state index is 0.182. The molecule has 2 aromatic rings. The molecular formula is C23H25BrN2O4. The Balaban J connectivity index is 1.76. The molecule has 6 nitrogen and oxygen atoms in total. The molecule has 1 aliphatic rings. The molecule has 1 aliphatic heterocycles. The molecule has 0 saturated heterocycles. The molecule has 0 bridgehead atoms. The van der Waals surface area contributed by atoms with Gasteiger partial charge in [0.05, 0.1) is 11.1 Å². The molecule has 0 radical (unpaired) electrons. The monoisotopic (exact) mass is 472 g/mol. The van der Waals surface area contributed by atoms with Gasteiger partial charge in [0.25, 0.3) is 11.8 Å². The Labute approximate surface area is 184 Å². The van der Waals surface area contributed by atoms with E-state index >= 15 is 0 Å². The van der Waals surface area contributed by atoms with Gasteiger partial charge in [-0.2, -0.15) is 0 Å². The first-order valence-electron chi connectivity index (χ1n) is 9.81. The van der Waals surface area contributed by atoms with E-state index in [2.05, 4.69) is 21.2 Å². The second kappa shape index (κ2) is 9.00. The second-order valence-corrected chi connectivity index (χ2v) is 9.17. The number of amides is 3. The second-order valence-electron chi connectivity index (χ2n) is 8.31. The molecule has 0 spiro atoms. The van der Waals surface area contributed by atoms with Crippen molar-refractivity contribution in [2.24, 2.45) is 5.92 Å². The van der Waals surface area contributed by atoms with Gasteiger partial charge < -0.3 is 10.1 Å². The summed E-state index contributed by atoms with van der Waals surface area (Å²) in [6.45, 7) is 5.85. The minimum atomic E-state index is -0.607. The molecule has 1 atom stereocenters. The zero-order chi connectivity index (χ0) is 21.9. The lowest BCUT2D eigenvalue weighted by Crippen LogP contribution is -2.41. The molecule has 2 aromatic carbocycles. The van der Waals surface area contributed by atoms with Crippen LogP contribution in [0.5, 0.6) is 0 Å². The molecule has 0 saturated carbocycles. The maximum absolute atomic E-state index is 12.8. The number of carbonyl (C=O) groups is 3. The fourth-order valence-electron chi connectivity index (χ4n) is 3.38. The third kappa shape index (κ3) is 5.27. The van der Waals surface area contributed by atoms with Gasteiger partial charge in [-0.25, -0.2) is 4.79 Å². The van der Waals surface area contributed by atoms with E-state index in [0.29, 0.717) is 17.5 Å². The van der Waals surface area contributed by atoms with Gasteiger partial charge in [0.2, 0.25) is 0 Å². The highest BCUT2D eigenvalue weighted by Crippen LogP contribution is 2.25. The molecule has 1 heterocycles. The number of halogens is 1. The number of imide groups is 1. The van der Waals surface area contributed by atoms with Gasteiger partial charge in [0.1, 0.15) is 5.60 Å². The minimum Gasteiger partial charge on any atom is -0.444 e. The van der Waals surface area contributed by atoms with Gasteiger partial charge in [-0.05, 0) is 56.9 Å². The quantitative estimate of drug-likeness (QED) is 0.630. The van der Waals surface area contributed by atoms with Gasteiger partial charge in [-0.1, -0.05) is 46.3 Å². The summed E-state index contributed by atoms with van der Waals surface area (Å²) < 4.78 is 6.26. The van der Waals surface area contributed by atoms with E-state index in [9.17, 15) is 14.4 Å². The van der Waals surface area contributed by atoms with Crippen molar-refractivity contribution in [1.29, 1.82) is 0 Å². The molecule has 0 fully saturated rings. The molecule has 1 unspecified atom stereocenters. The Morgan fingerprint density at radius 3 is 2.17 bits per heavy atom. The zero-order valence-corrected chi connectivity index (χ0v) is 18.9. The van der Waals surface area contributed by atoms with E-state index in [-0.39, 0.29) is 30.8 Å². The highest BCUT2D eigenvalue weighted by atomic mass is 79.9. The highest BCUT2D eigenvalue weighted by Gasteiger charge is 2.36. The number of fused-ring (bicyclic) bond motifs is 1. The van der Waals surface area contributed by atoms with Crippen LogP contribution in [0, 0.1) is 5.92 Å². The molecule has 0 aromatic heterocycles. The fraction of sp³-hybridized carbons (Fsp3) is 0.348. The van der Waals surface area contributed by atoms with E-state index in [1.54, 1.807) is 45.0 Å². The van der Waals surface area contributed by atoms with Crippen molar-refractivity contribution in [1.82, 2.24) is 10.2 Å². The van der Waals surface area contributed by atoms with Crippen LogP contribution in [0.4, 0.5) is 4.79 Å². The third-order valence-electron chi connectivity index (χ3n) is 4.72. The number of carbonyl (C=O) groups excluding carboxylic acids is 3. The number of nitrogens with one attached hydrogen (secondary N) is 1. The van der Waals surface area contributed by atoms with Crippen molar-refractivity contribution in [2.75, 3.05) is 13.1 Å². The summed E-state index contributed by atoms with van der Waals surface area (Å²) in [4.78, 5) is 38.9. The van der Waals surface area contributed by atoms with E-state index < -0.39 is 11.7 Å². The van der Waals surface area contributed by atoms with Gasteiger partial charge in [0.15, 0.2) is 0 Å². The summed E-state index contributed by atoms with van der Waals surface area (Å²) >= 11 is 3.54. The van der Waals surface area contributed by atoms with Gasteiger partial charge in [-0.3, -0.25) is 14.5 Å². The number of benzene rings is 2. The Kier molecular flexibility index (Phi) is 6.61. The smallest absolute Gasteiger partial charge is 0.407 e. The molecule has 3 rings (SSSR count). The predicted octanol–water partition coefficient (Wildman–Crippen LogP) is 4.43. The van der Waals surface area contributed by atoms with Gasteiger partial charge in [0, 0.05) is 17.6 Å². The number of ether oxygens (including phenoxy) is 1. The average molecular weight is 473 g/mol. The van der Waals surface area contributed by atoms with Crippen LogP contribution in [0.3, 0.4) is 0 Å². The number of rotatable bonds is 6. The van der Waals surface area contributed by atoms with E-state index in [1.165, 1.54) is 4.90 Å². The summed E-state index contributed by atoms with van der Waals surface area (Å²) in [5, 5.41) is 2.78. The molecule has 7 heteroatoms. The first kappa shape index (κ1) is 22.0. The Morgan fingerprint density at radius 1 is 1.03 bits per heavy atom. The van der Waals surface area contributed by atoms with E-state index in [0.717, 1.165) is 10.0 Å². The number of hydrogen-bond acceptors (Lipinski definition) is 4. The van der Waals surface area contributed by atoms with E-state index in [4.69, 9.17) is 4.74 Å². The first-order chi connectivity index (χ1) is 14.2. The van der Waals surface area contributed by atoms with Crippen molar-refractivity contribution in [3.05, 3.63) is 69.7 Å². The zero-order valence-electron chi connectivity index (χ0n) is 17.3.